The Morgan fingerprint density at radius 1 is 1.20 bits per heavy atom. The topological polar surface area (TPSA) is 85.2 Å². The molecule has 1 aliphatic heterocycles. The predicted octanol–water partition coefficient (Wildman–Crippen LogP) is 7.18. The van der Waals surface area contributed by atoms with Gasteiger partial charge in [0.2, 0.25) is 0 Å². The Hall–Kier alpha value is -3.34. The summed E-state index contributed by atoms with van der Waals surface area (Å²) in [6, 6.07) is 7.73. The molecular weight excluding hydrogens is 541 g/mol. The Labute approximate surface area is 235 Å². The number of halogens is 3. The minimum Gasteiger partial charge on any atom is -0.462 e. The highest BCUT2D eigenvalue weighted by Crippen LogP contribution is 2.46. The summed E-state index contributed by atoms with van der Waals surface area (Å²) >= 11 is 1.33. The average Bonchev–Trinajstić information content (AvgIpc) is 3.48. The van der Waals surface area contributed by atoms with E-state index in [1.165, 1.54) is 17.4 Å². The van der Waals surface area contributed by atoms with Gasteiger partial charge in [0.05, 0.1) is 18.2 Å². The van der Waals surface area contributed by atoms with Crippen LogP contribution in [0.4, 0.5) is 24.0 Å². The molecular formula is C29H33F3N4O3S. The molecule has 3 aromatic rings. The van der Waals surface area contributed by atoms with Crippen molar-refractivity contribution in [3.63, 3.8) is 0 Å². The van der Waals surface area contributed by atoms with E-state index in [1.807, 2.05) is 0 Å². The van der Waals surface area contributed by atoms with Crippen molar-refractivity contribution in [2.45, 2.75) is 71.6 Å². The lowest BCUT2D eigenvalue weighted by atomic mass is 9.72. The zero-order valence-electron chi connectivity index (χ0n) is 22.9. The van der Waals surface area contributed by atoms with Gasteiger partial charge < -0.3 is 15.4 Å². The Morgan fingerprint density at radius 2 is 1.93 bits per heavy atom. The number of alkyl halides is 3. The highest BCUT2D eigenvalue weighted by Gasteiger charge is 2.47. The van der Waals surface area contributed by atoms with Gasteiger partial charge in [-0.05, 0) is 48.6 Å². The number of rotatable bonds is 5. The number of hydrogen-bond donors (Lipinski definition) is 2. The van der Waals surface area contributed by atoms with E-state index in [1.54, 1.807) is 37.3 Å². The van der Waals surface area contributed by atoms with E-state index in [9.17, 15) is 22.8 Å². The van der Waals surface area contributed by atoms with Gasteiger partial charge in [0.25, 0.3) is 5.91 Å². The summed E-state index contributed by atoms with van der Waals surface area (Å²) in [5, 5.41) is 10.3. The van der Waals surface area contributed by atoms with Crippen LogP contribution in [0.5, 0.6) is 0 Å². The van der Waals surface area contributed by atoms with Crippen LogP contribution >= 0.6 is 11.3 Å². The van der Waals surface area contributed by atoms with Crippen molar-refractivity contribution in [3.8, 4) is 0 Å². The third-order valence-electron chi connectivity index (χ3n) is 7.82. The van der Waals surface area contributed by atoms with Crippen LogP contribution in [-0.4, -0.2) is 34.4 Å². The van der Waals surface area contributed by atoms with Crippen LogP contribution in [0.15, 0.2) is 36.4 Å². The summed E-state index contributed by atoms with van der Waals surface area (Å²) in [4.78, 5) is 27.4. The van der Waals surface area contributed by atoms with Crippen molar-refractivity contribution >= 4 is 34.0 Å². The molecule has 2 aromatic heterocycles. The van der Waals surface area contributed by atoms with Crippen LogP contribution in [0.25, 0.3) is 0 Å². The zero-order valence-corrected chi connectivity index (χ0v) is 23.7. The van der Waals surface area contributed by atoms with Gasteiger partial charge in [-0.1, -0.05) is 51.1 Å². The monoisotopic (exact) mass is 574 g/mol. The molecule has 0 spiro atoms. The van der Waals surface area contributed by atoms with Crippen molar-refractivity contribution in [3.05, 3.63) is 63.7 Å². The Balaban J connectivity index is 1.45. The predicted molar refractivity (Wildman–Crippen MR) is 148 cm³/mol. The second kappa shape index (κ2) is 10.6. The molecule has 214 valence electrons. The van der Waals surface area contributed by atoms with Gasteiger partial charge in [-0.3, -0.25) is 4.79 Å². The Morgan fingerprint density at radius 3 is 2.58 bits per heavy atom. The van der Waals surface area contributed by atoms with E-state index in [-0.39, 0.29) is 30.0 Å². The van der Waals surface area contributed by atoms with Crippen molar-refractivity contribution < 1.29 is 27.5 Å². The van der Waals surface area contributed by atoms with Crippen LogP contribution in [0.3, 0.4) is 0 Å². The number of fused-ring (bicyclic) bond motifs is 2. The van der Waals surface area contributed by atoms with Gasteiger partial charge in [-0.25, -0.2) is 9.48 Å². The lowest BCUT2D eigenvalue weighted by Crippen LogP contribution is -2.35. The van der Waals surface area contributed by atoms with E-state index >= 15 is 0 Å². The second-order valence-electron chi connectivity index (χ2n) is 11.4. The molecule has 0 saturated carbocycles. The minimum absolute atomic E-state index is 0.0876. The maximum atomic E-state index is 14.1. The molecule has 5 rings (SSSR count). The molecule has 0 saturated heterocycles. The van der Waals surface area contributed by atoms with Gasteiger partial charge >= 0.3 is 12.1 Å². The summed E-state index contributed by atoms with van der Waals surface area (Å²) < 4.78 is 48.4. The number of esters is 1. The molecule has 2 aliphatic rings. The number of aromatic nitrogens is 2. The molecule has 0 fully saturated rings. The SMILES string of the molecule is CCOC(=O)c1c(NC(=O)c2cc3n(n2)[C@H](C(F)(F)F)C[C@@H](c2ccccc2)N3)sc2c1CC[C@@H](C(C)(C)C)C2. The third-order valence-corrected chi connectivity index (χ3v) is 8.99. The maximum absolute atomic E-state index is 14.1. The van der Waals surface area contributed by atoms with E-state index in [0.717, 1.165) is 28.0 Å². The van der Waals surface area contributed by atoms with E-state index < -0.39 is 30.1 Å². The molecule has 0 bridgehead atoms. The number of nitrogens with zero attached hydrogens (tertiary/aromatic N) is 2. The molecule has 7 nitrogen and oxygen atoms in total. The smallest absolute Gasteiger partial charge is 0.410 e. The fourth-order valence-corrected chi connectivity index (χ4v) is 6.90. The molecule has 3 heterocycles. The first-order chi connectivity index (χ1) is 18.9. The largest absolute Gasteiger partial charge is 0.462 e. The number of hydrogen-bond acceptors (Lipinski definition) is 6. The minimum atomic E-state index is -4.56. The molecule has 0 unspecified atom stereocenters. The number of carbonyl (C=O) groups is 2. The van der Waals surface area contributed by atoms with Gasteiger partial charge in [-0.2, -0.15) is 18.3 Å². The van der Waals surface area contributed by atoms with Crippen molar-refractivity contribution in [1.29, 1.82) is 0 Å². The number of amides is 1. The van der Waals surface area contributed by atoms with E-state index in [2.05, 4.69) is 36.5 Å². The summed E-state index contributed by atoms with van der Waals surface area (Å²) in [7, 11) is 0. The Kier molecular flexibility index (Phi) is 7.45. The summed E-state index contributed by atoms with van der Waals surface area (Å²) in [6.45, 7) is 8.47. The zero-order chi connectivity index (χ0) is 28.8. The fourth-order valence-electron chi connectivity index (χ4n) is 5.59. The molecule has 1 aliphatic carbocycles. The number of anilines is 2. The highest BCUT2D eigenvalue weighted by molar-refractivity contribution is 7.17. The van der Waals surface area contributed by atoms with Gasteiger partial charge in [0.15, 0.2) is 11.7 Å². The number of ether oxygens (including phenoxy) is 1. The normalized spacial score (nSPS) is 20.7. The van der Waals surface area contributed by atoms with Crippen molar-refractivity contribution in [2.24, 2.45) is 11.3 Å². The molecule has 40 heavy (non-hydrogen) atoms. The molecule has 1 aromatic carbocycles. The second-order valence-corrected chi connectivity index (χ2v) is 12.6. The molecule has 1 amide bonds. The lowest BCUT2D eigenvalue weighted by molar-refractivity contribution is -0.173. The van der Waals surface area contributed by atoms with Gasteiger partial charge in [-0.15, -0.1) is 11.3 Å². The first-order valence-corrected chi connectivity index (χ1v) is 14.3. The number of benzene rings is 1. The molecule has 3 atom stereocenters. The summed E-state index contributed by atoms with van der Waals surface area (Å²) in [5.41, 5.74) is 1.85. The van der Waals surface area contributed by atoms with Gasteiger partial charge in [0, 0.05) is 17.4 Å². The average molecular weight is 575 g/mol. The van der Waals surface area contributed by atoms with E-state index in [4.69, 9.17) is 4.74 Å². The number of carbonyl (C=O) groups excluding carboxylic acids is 2. The number of nitrogens with one attached hydrogen (secondary N) is 2. The van der Waals surface area contributed by atoms with Crippen molar-refractivity contribution in [1.82, 2.24) is 9.78 Å². The standard InChI is InChI=1S/C29H33F3N4O3S/c1-5-39-27(38)24-18-12-11-17(28(2,3)4)13-21(18)40-26(24)34-25(37)20-15-23-33-19(16-9-7-6-8-10-16)14-22(29(30,31)32)36(23)35-20/h6-10,15,17,19,22,33H,5,11-14H2,1-4H3,(H,34,37)/t17-,19+,22+/m1/s1. The van der Waals surface area contributed by atoms with Gasteiger partial charge in [0.1, 0.15) is 10.8 Å². The summed E-state index contributed by atoms with van der Waals surface area (Å²) in [6.07, 6.45) is -2.44. The highest BCUT2D eigenvalue weighted by atomic mass is 32.1. The van der Waals surface area contributed by atoms with Crippen LogP contribution in [0, 0.1) is 11.3 Å². The maximum Gasteiger partial charge on any atom is 0.410 e. The quantitative estimate of drug-likeness (QED) is 0.315. The number of thiophene rings is 1. The van der Waals surface area contributed by atoms with Crippen LogP contribution in [0.1, 0.15) is 89.5 Å². The first kappa shape index (κ1) is 28.2. The molecule has 0 radical (unpaired) electrons. The van der Waals surface area contributed by atoms with E-state index in [0.29, 0.717) is 28.5 Å². The fraction of sp³-hybridized carbons (Fsp3) is 0.483. The Bertz CT molecular complexity index is 1410. The molecule has 2 N–H and O–H groups in total. The van der Waals surface area contributed by atoms with Crippen LogP contribution < -0.4 is 10.6 Å². The first-order valence-electron chi connectivity index (χ1n) is 13.5. The van der Waals surface area contributed by atoms with Crippen LogP contribution in [-0.2, 0) is 17.6 Å². The lowest BCUT2D eigenvalue weighted by Gasteiger charge is -2.33. The molecule has 11 heteroatoms. The third kappa shape index (κ3) is 5.48. The summed E-state index contributed by atoms with van der Waals surface area (Å²) in [5.74, 6) is -0.674. The van der Waals surface area contributed by atoms with Crippen molar-refractivity contribution in [2.75, 3.05) is 17.2 Å². The van der Waals surface area contributed by atoms with Crippen LogP contribution in [0.2, 0.25) is 0 Å².